The van der Waals surface area contributed by atoms with E-state index in [-0.39, 0.29) is 29.5 Å². The highest BCUT2D eigenvalue weighted by Gasteiger charge is 2.42. The minimum atomic E-state index is -0.395. The van der Waals surface area contributed by atoms with Gasteiger partial charge in [0.1, 0.15) is 6.17 Å². The molecule has 19 heavy (non-hydrogen) atoms. The van der Waals surface area contributed by atoms with Crippen molar-refractivity contribution in [2.24, 2.45) is 0 Å². The van der Waals surface area contributed by atoms with Crippen molar-refractivity contribution in [2.45, 2.75) is 30.3 Å². The number of imide groups is 1. The zero-order valence-electron chi connectivity index (χ0n) is 10.8. The third-order valence-corrected chi connectivity index (χ3v) is 4.11. The molecule has 2 aliphatic rings. The predicted molar refractivity (Wildman–Crippen MR) is 70.1 cm³/mol. The Kier molecular flexibility index (Phi) is 3.93. The third kappa shape index (κ3) is 2.51. The molecule has 0 aromatic rings. The molecular weight excluding hydrogens is 316 g/mol. The molecule has 0 radical (unpaired) electrons. The molecule has 0 aromatic carbocycles. The lowest BCUT2D eigenvalue weighted by Gasteiger charge is -2.40. The van der Waals surface area contributed by atoms with Crippen molar-refractivity contribution in [3.63, 3.8) is 0 Å². The first-order valence-corrected chi connectivity index (χ1v) is 6.87. The van der Waals surface area contributed by atoms with E-state index < -0.39 is 12.1 Å². The van der Waals surface area contributed by atoms with E-state index in [1.54, 1.807) is 18.1 Å². The Morgan fingerprint density at radius 1 is 1.37 bits per heavy atom. The molecule has 0 saturated carbocycles. The second-order valence-electron chi connectivity index (χ2n) is 4.60. The Labute approximate surface area is 119 Å². The zero-order valence-corrected chi connectivity index (χ0v) is 12.3. The summed E-state index contributed by atoms with van der Waals surface area (Å²) in [5, 5.41) is 0. The van der Waals surface area contributed by atoms with Crippen LogP contribution < -0.4 is 0 Å². The van der Waals surface area contributed by atoms with Crippen LogP contribution in [0, 0.1) is 0 Å². The van der Waals surface area contributed by atoms with E-state index in [0.29, 0.717) is 12.0 Å². The number of methoxy groups -OCH3 is 1. The maximum absolute atomic E-state index is 11.8. The van der Waals surface area contributed by atoms with Crippen molar-refractivity contribution in [1.29, 1.82) is 0 Å². The van der Waals surface area contributed by atoms with Gasteiger partial charge in [0.2, 0.25) is 11.8 Å². The SMILES string of the molecule is COC(=O)C1=CN(C)[C@H](N2C(=O)CCC2=O)[C@@H](Br)C1. The normalized spacial score (nSPS) is 27.6. The molecule has 2 rings (SSSR count). The molecule has 6 nitrogen and oxygen atoms in total. The number of amides is 2. The molecule has 7 heteroatoms. The first kappa shape index (κ1) is 14.0. The number of nitrogens with zero attached hydrogens (tertiary/aromatic N) is 2. The monoisotopic (exact) mass is 330 g/mol. The minimum absolute atomic E-state index is 0.166. The van der Waals surface area contributed by atoms with E-state index in [9.17, 15) is 14.4 Å². The second kappa shape index (κ2) is 5.32. The fourth-order valence-corrected chi connectivity index (χ4v) is 3.40. The van der Waals surface area contributed by atoms with E-state index in [2.05, 4.69) is 20.7 Å². The van der Waals surface area contributed by atoms with Crippen LogP contribution >= 0.6 is 15.9 Å². The summed E-state index contributed by atoms with van der Waals surface area (Å²) in [7, 11) is 3.06. The van der Waals surface area contributed by atoms with Gasteiger partial charge in [-0.3, -0.25) is 14.5 Å². The Bertz CT molecular complexity index is 447. The predicted octanol–water partition coefficient (Wildman–Crippen LogP) is 0.617. The van der Waals surface area contributed by atoms with Crippen molar-refractivity contribution in [1.82, 2.24) is 9.80 Å². The van der Waals surface area contributed by atoms with Gasteiger partial charge in [-0.2, -0.15) is 0 Å². The summed E-state index contributed by atoms with van der Waals surface area (Å²) in [5.74, 6) is -0.726. The van der Waals surface area contributed by atoms with Crippen LogP contribution in [0.5, 0.6) is 0 Å². The van der Waals surface area contributed by atoms with E-state index in [1.807, 2.05) is 0 Å². The van der Waals surface area contributed by atoms with Gasteiger partial charge in [0.25, 0.3) is 0 Å². The van der Waals surface area contributed by atoms with Gasteiger partial charge in [0.05, 0.1) is 17.5 Å². The summed E-state index contributed by atoms with van der Waals surface area (Å²) < 4.78 is 4.69. The number of carbonyl (C=O) groups is 3. The standard InChI is InChI=1S/C12H15BrN2O4/c1-14-6-7(12(18)19-2)5-8(13)11(14)15-9(16)3-4-10(15)17/h6,8,11H,3-5H2,1-2H3/t8-,11+/m0/s1. The van der Waals surface area contributed by atoms with E-state index >= 15 is 0 Å². The number of carbonyl (C=O) groups excluding carboxylic acids is 3. The molecule has 0 N–H and O–H groups in total. The Balaban J connectivity index is 2.24. The largest absolute Gasteiger partial charge is 0.466 e. The molecule has 0 aromatic heterocycles. The molecule has 0 aliphatic carbocycles. The van der Waals surface area contributed by atoms with Crippen LogP contribution in [0.1, 0.15) is 19.3 Å². The van der Waals surface area contributed by atoms with Gasteiger partial charge in [-0.05, 0) is 6.42 Å². The molecule has 0 bridgehead atoms. The maximum Gasteiger partial charge on any atom is 0.335 e. The first-order chi connectivity index (χ1) is 8.95. The molecule has 2 aliphatic heterocycles. The van der Waals surface area contributed by atoms with Gasteiger partial charge in [-0.1, -0.05) is 15.9 Å². The number of rotatable bonds is 2. The van der Waals surface area contributed by atoms with Gasteiger partial charge in [-0.15, -0.1) is 0 Å². The number of likely N-dealkylation sites (tertiary alicyclic amines) is 1. The van der Waals surface area contributed by atoms with Crippen LogP contribution in [0.15, 0.2) is 11.8 Å². The summed E-state index contributed by atoms with van der Waals surface area (Å²) in [4.78, 5) is 37.9. The molecule has 1 saturated heterocycles. The zero-order chi connectivity index (χ0) is 14.2. The fourth-order valence-electron chi connectivity index (χ4n) is 2.45. The number of hydrogen-bond acceptors (Lipinski definition) is 5. The van der Waals surface area contributed by atoms with E-state index in [4.69, 9.17) is 0 Å². The van der Waals surface area contributed by atoms with Gasteiger partial charge in [0.15, 0.2) is 0 Å². The Hall–Kier alpha value is -1.37. The summed E-state index contributed by atoms with van der Waals surface area (Å²) in [6.07, 6.45) is 2.18. The van der Waals surface area contributed by atoms with Crippen molar-refractivity contribution in [3.05, 3.63) is 11.8 Å². The highest BCUT2D eigenvalue weighted by Crippen LogP contribution is 2.31. The Morgan fingerprint density at radius 3 is 2.42 bits per heavy atom. The number of ether oxygens (including phenoxy) is 1. The lowest BCUT2D eigenvalue weighted by Crippen LogP contribution is -2.54. The van der Waals surface area contributed by atoms with Crippen LogP contribution in [0.4, 0.5) is 0 Å². The topological polar surface area (TPSA) is 66.9 Å². The van der Waals surface area contributed by atoms with Gasteiger partial charge in [-0.25, -0.2) is 4.79 Å². The van der Waals surface area contributed by atoms with Crippen molar-refractivity contribution in [3.8, 4) is 0 Å². The van der Waals surface area contributed by atoms with Crippen molar-refractivity contribution < 1.29 is 19.1 Å². The summed E-state index contributed by atoms with van der Waals surface area (Å²) in [5.41, 5.74) is 0.516. The molecule has 2 atom stereocenters. The molecule has 0 spiro atoms. The highest BCUT2D eigenvalue weighted by atomic mass is 79.9. The van der Waals surface area contributed by atoms with Crippen molar-refractivity contribution >= 4 is 33.7 Å². The molecule has 0 unspecified atom stereocenters. The third-order valence-electron chi connectivity index (χ3n) is 3.32. The number of hydrogen-bond donors (Lipinski definition) is 0. The minimum Gasteiger partial charge on any atom is -0.466 e. The highest BCUT2D eigenvalue weighted by molar-refractivity contribution is 9.09. The second-order valence-corrected chi connectivity index (χ2v) is 5.78. The molecular formula is C12H15BrN2O4. The molecule has 2 heterocycles. The van der Waals surface area contributed by atoms with Crippen LogP contribution in [0.2, 0.25) is 0 Å². The smallest absolute Gasteiger partial charge is 0.335 e. The van der Waals surface area contributed by atoms with Gasteiger partial charge >= 0.3 is 5.97 Å². The molecule has 1 fully saturated rings. The number of esters is 1. The van der Waals surface area contributed by atoms with E-state index in [1.165, 1.54) is 12.0 Å². The van der Waals surface area contributed by atoms with Crippen LogP contribution in [0.3, 0.4) is 0 Å². The summed E-state index contributed by atoms with van der Waals surface area (Å²) >= 11 is 3.46. The van der Waals surface area contributed by atoms with Crippen LogP contribution in [0.25, 0.3) is 0 Å². The summed E-state index contributed by atoms with van der Waals surface area (Å²) in [6.45, 7) is 0. The van der Waals surface area contributed by atoms with Crippen LogP contribution in [-0.2, 0) is 19.1 Å². The number of halogens is 1. The number of alkyl halides is 1. The van der Waals surface area contributed by atoms with E-state index in [0.717, 1.165) is 0 Å². The van der Waals surface area contributed by atoms with Gasteiger partial charge < -0.3 is 9.64 Å². The molecule has 2 amide bonds. The summed E-state index contributed by atoms with van der Waals surface area (Å²) in [6, 6.07) is 0. The van der Waals surface area contributed by atoms with Crippen LogP contribution in [-0.4, -0.2) is 52.7 Å². The lowest BCUT2D eigenvalue weighted by molar-refractivity contribution is -0.144. The maximum atomic E-state index is 11.8. The first-order valence-electron chi connectivity index (χ1n) is 5.95. The lowest BCUT2D eigenvalue weighted by atomic mass is 10.0. The average Bonchev–Trinajstić information content (AvgIpc) is 2.68. The van der Waals surface area contributed by atoms with Crippen molar-refractivity contribution in [2.75, 3.05) is 14.2 Å². The molecule has 104 valence electrons. The quantitative estimate of drug-likeness (QED) is 0.422. The fraction of sp³-hybridized carbons (Fsp3) is 0.583. The van der Waals surface area contributed by atoms with Gasteiger partial charge in [0, 0.05) is 26.1 Å². The average molecular weight is 331 g/mol. The Morgan fingerprint density at radius 2 is 1.95 bits per heavy atom.